The molecule has 2 N–H and O–H groups in total. The Hall–Kier alpha value is -2.78. The molecular formula is C14H11ClN6O2S. The zero-order valence-corrected chi connectivity index (χ0v) is 13.7. The molecule has 3 rings (SSSR count). The number of hydrogen-bond acceptors (Lipinski definition) is 6. The fourth-order valence-corrected chi connectivity index (χ4v) is 2.74. The number of thiophene rings is 1. The predicted octanol–water partition coefficient (Wildman–Crippen LogP) is 1.52. The summed E-state index contributed by atoms with van der Waals surface area (Å²) in [6, 6.07) is 12.4. The third kappa shape index (κ3) is 3.94. The molecule has 0 fully saturated rings. The van der Waals surface area contributed by atoms with Gasteiger partial charge in [-0.1, -0.05) is 41.9 Å². The molecule has 1 aromatic carbocycles. The van der Waals surface area contributed by atoms with Crippen molar-refractivity contribution in [2.24, 2.45) is 0 Å². The van der Waals surface area contributed by atoms with Crippen LogP contribution in [0, 0.1) is 0 Å². The highest BCUT2D eigenvalue weighted by Gasteiger charge is 2.12. The Kier molecular flexibility index (Phi) is 4.82. The van der Waals surface area contributed by atoms with E-state index in [0.717, 1.165) is 21.7 Å². The highest BCUT2D eigenvalue weighted by atomic mass is 35.5. The number of hydrogen-bond donors (Lipinski definition) is 2. The lowest BCUT2D eigenvalue weighted by atomic mass is 10.2. The summed E-state index contributed by atoms with van der Waals surface area (Å²) < 4.78 is 0.492. The van der Waals surface area contributed by atoms with Crippen LogP contribution >= 0.6 is 22.9 Å². The zero-order chi connectivity index (χ0) is 16.9. The monoisotopic (exact) mass is 362 g/mol. The second-order valence-electron chi connectivity index (χ2n) is 4.62. The zero-order valence-electron chi connectivity index (χ0n) is 12.1. The standard InChI is InChI=1S/C14H11ClN6O2S/c15-11-7-6-10(24-11)14(23)18-16-12(22)8-21-19-13(17-20-21)9-4-2-1-3-5-9/h1-7H,8H2,(H,16,22)(H,18,23). The van der Waals surface area contributed by atoms with E-state index in [-0.39, 0.29) is 6.54 Å². The van der Waals surface area contributed by atoms with Crippen LogP contribution in [0.5, 0.6) is 0 Å². The number of nitrogens with zero attached hydrogens (tertiary/aromatic N) is 4. The molecule has 0 radical (unpaired) electrons. The summed E-state index contributed by atoms with van der Waals surface area (Å²) in [6.45, 7) is -0.175. The molecule has 0 saturated carbocycles. The number of carbonyl (C=O) groups excluding carboxylic acids is 2. The Morgan fingerprint density at radius 1 is 1.12 bits per heavy atom. The Bertz CT molecular complexity index is 863. The van der Waals surface area contributed by atoms with Gasteiger partial charge in [-0.2, -0.15) is 4.80 Å². The molecule has 0 aliphatic rings. The highest BCUT2D eigenvalue weighted by Crippen LogP contribution is 2.20. The summed E-state index contributed by atoms with van der Waals surface area (Å²) in [6.07, 6.45) is 0. The van der Waals surface area contributed by atoms with Gasteiger partial charge in [-0.3, -0.25) is 20.4 Å². The number of amides is 2. The largest absolute Gasteiger partial charge is 0.279 e. The van der Waals surface area contributed by atoms with Gasteiger partial charge in [0.1, 0.15) is 6.54 Å². The van der Waals surface area contributed by atoms with Crippen LogP contribution in [0.4, 0.5) is 0 Å². The molecule has 2 heterocycles. The van der Waals surface area contributed by atoms with Gasteiger partial charge in [0.25, 0.3) is 11.8 Å². The van der Waals surface area contributed by atoms with Crippen LogP contribution in [0.2, 0.25) is 4.34 Å². The van der Waals surface area contributed by atoms with E-state index >= 15 is 0 Å². The Balaban J connectivity index is 1.54. The van der Waals surface area contributed by atoms with Gasteiger partial charge >= 0.3 is 0 Å². The van der Waals surface area contributed by atoms with Gasteiger partial charge in [0.2, 0.25) is 5.82 Å². The lowest BCUT2D eigenvalue weighted by Crippen LogP contribution is -2.43. The first kappa shape index (κ1) is 16.1. The van der Waals surface area contributed by atoms with Gasteiger partial charge in [-0.15, -0.1) is 21.5 Å². The van der Waals surface area contributed by atoms with Crippen molar-refractivity contribution >= 4 is 34.8 Å². The minimum atomic E-state index is -0.483. The van der Waals surface area contributed by atoms with Crippen LogP contribution in [0.25, 0.3) is 11.4 Å². The lowest BCUT2D eigenvalue weighted by Gasteiger charge is -2.05. The third-order valence-corrected chi connectivity index (χ3v) is 4.11. The Morgan fingerprint density at radius 3 is 2.62 bits per heavy atom. The van der Waals surface area contributed by atoms with Gasteiger partial charge in [-0.05, 0) is 17.3 Å². The maximum Gasteiger partial charge on any atom is 0.279 e. The minimum Gasteiger partial charge on any atom is -0.271 e. The van der Waals surface area contributed by atoms with Crippen molar-refractivity contribution in [3.63, 3.8) is 0 Å². The highest BCUT2D eigenvalue weighted by molar-refractivity contribution is 7.17. The molecule has 2 amide bonds. The van der Waals surface area contributed by atoms with Crippen molar-refractivity contribution in [3.8, 4) is 11.4 Å². The van der Waals surface area contributed by atoms with Crippen LogP contribution in [-0.4, -0.2) is 32.0 Å². The average Bonchev–Trinajstić information content (AvgIpc) is 3.23. The van der Waals surface area contributed by atoms with Gasteiger partial charge in [0.15, 0.2) is 0 Å². The fraction of sp³-hybridized carbons (Fsp3) is 0.0714. The quantitative estimate of drug-likeness (QED) is 0.685. The molecule has 3 aromatic rings. The van der Waals surface area contributed by atoms with Gasteiger partial charge in [0.05, 0.1) is 9.21 Å². The lowest BCUT2D eigenvalue weighted by molar-refractivity contribution is -0.122. The second kappa shape index (κ2) is 7.20. The van der Waals surface area contributed by atoms with Crippen LogP contribution in [0.1, 0.15) is 9.67 Å². The molecule has 0 atom stereocenters. The van der Waals surface area contributed by atoms with E-state index in [1.165, 1.54) is 0 Å². The normalized spacial score (nSPS) is 10.4. The SMILES string of the molecule is O=C(Cn1nnc(-c2ccccc2)n1)NNC(=O)c1ccc(Cl)s1. The first-order chi connectivity index (χ1) is 11.6. The molecule has 0 spiro atoms. The van der Waals surface area contributed by atoms with E-state index in [2.05, 4.69) is 26.3 Å². The molecule has 0 bridgehead atoms. The number of tetrazole rings is 1. The number of aromatic nitrogens is 4. The van der Waals surface area contributed by atoms with E-state index in [1.807, 2.05) is 30.3 Å². The van der Waals surface area contributed by atoms with Crippen molar-refractivity contribution in [2.45, 2.75) is 6.54 Å². The summed E-state index contributed by atoms with van der Waals surface area (Å²) in [5, 5.41) is 11.8. The first-order valence-electron chi connectivity index (χ1n) is 6.79. The van der Waals surface area contributed by atoms with Crippen molar-refractivity contribution in [2.75, 3.05) is 0 Å². The molecule has 0 aliphatic heterocycles. The molecular weight excluding hydrogens is 352 g/mol. The molecule has 122 valence electrons. The summed E-state index contributed by atoms with van der Waals surface area (Å²) >= 11 is 6.87. The summed E-state index contributed by atoms with van der Waals surface area (Å²) in [5.41, 5.74) is 5.38. The Labute approximate surface area is 145 Å². The van der Waals surface area contributed by atoms with Crippen LogP contribution in [0.15, 0.2) is 42.5 Å². The average molecular weight is 363 g/mol. The molecule has 8 nitrogen and oxygen atoms in total. The van der Waals surface area contributed by atoms with Crippen LogP contribution in [0.3, 0.4) is 0 Å². The van der Waals surface area contributed by atoms with Crippen molar-refractivity contribution in [1.82, 2.24) is 31.1 Å². The van der Waals surface area contributed by atoms with E-state index in [1.54, 1.807) is 12.1 Å². The topological polar surface area (TPSA) is 102 Å². The van der Waals surface area contributed by atoms with Crippen LogP contribution < -0.4 is 10.9 Å². The van der Waals surface area contributed by atoms with E-state index < -0.39 is 11.8 Å². The number of carbonyl (C=O) groups is 2. The number of hydrazine groups is 1. The molecule has 0 unspecified atom stereocenters. The minimum absolute atomic E-state index is 0.175. The number of benzene rings is 1. The molecule has 2 aromatic heterocycles. The molecule has 24 heavy (non-hydrogen) atoms. The first-order valence-corrected chi connectivity index (χ1v) is 7.99. The van der Waals surface area contributed by atoms with E-state index in [9.17, 15) is 9.59 Å². The van der Waals surface area contributed by atoms with Crippen LogP contribution in [-0.2, 0) is 11.3 Å². The Morgan fingerprint density at radius 2 is 1.92 bits per heavy atom. The third-order valence-electron chi connectivity index (χ3n) is 2.88. The summed E-state index contributed by atoms with van der Waals surface area (Å²) in [7, 11) is 0. The molecule has 0 saturated heterocycles. The van der Waals surface area contributed by atoms with Crippen molar-refractivity contribution < 1.29 is 9.59 Å². The van der Waals surface area contributed by atoms with Gasteiger partial charge in [-0.25, -0.2) is 0 Å². The fourth-order valence-electron chi connectivity index (χ4n) is 1.81. The van der Waals surface area contributed by atoms with Gasteiger partial charge in [0, 0.05) is 5.56 Å². The molecule has 10 heteroatoms. The number of nitrogens with one attached hydrogen (secondary N) is 2. The van der Waals surface area contributed by atoms with Crippen molar-refractivity contribution in [3.05, 3.63) is 51.7 Å². The maximum absolute atomic E-state index is 11.8. The van der Waals surface area contributed by atoms with Crippen molar-refractivity contribution in [1.29, 1.82) is 0 Å². The molecule has 0 aliphatic carbocycles. The maximum atomic E-state index is 11.8. The predicted molar refractivity (Wildman–Crippen MR) is 88.2 cm³/mol. The van der Waals surface area contributed by atoms with E-state index in [0.29, 0.717) is 15.0 Å². The summed E-state index contributed by atoms with van der Waals surface area (Å²) in [5.74, 6) is -0.513. The summed E-state index contributed by atoms with van der Waals surface area (Å²) in [4.78, 5) is 25.1. The van der Waals surface area contributed by atoms with Gasteiger partial charge < -0.3 is 0 Å². The second-order valence-corrected chi connectivity index (χ2v) is 6.33. The number of halogens is 1. The smallest absolute Gasteiger partial charge is 0.271 e. The van der Waals surface area contributed by atoms with E-state index in [4.69, 9.17) is 11.6 Å². The number of rotatable bonds is 4.